The van der Waals surface area contributed by atoms with E-state index >= 15 is 0 Å². The lowest BCUT2D eigenvalue weighted by molar-refractivity contribution is 0.414. The summed E-state index contributed by atoms with van der Waals surface area (Å²) in [5.74, 6) is 1.92. The third-order valence-electron chi connectivity index (χ3n) is 3.86. The lowest BCUT2D eigenvalue weighted by Crippen LogP contribution is -2.13. The molecule has 2 aromatic heterocycles. The second kappa shape index (κ2) is 6.32. The smallest absolute Gasteiger partial charge is 0.148 e. The minimum atomic E-state index is 0.220. The van der Waals surface area contributed by atoms with Gasteiger partial charge in [-0.05, 0) is 17.7 Å². The van der Waals surface area contributed by atoms with Crippen molar-refractivity contribution < 1.29 is 4.74 Å². The highest BCUT2D eigenvalue weighted by Gasteiger charge is 2.21. The molecule has 0 radical (unpaired) electrons. The third kappa shape index (κ3) is 2.61. The first kappa shape index (κ1) is 16.0. The van der Waals surface area contributed by atoms with Crippen LogP contribution in [-0.4, -0.2) is 33.7 Å². The van der Waals surface area contributed by atoms with Gasteiger partial charge in [-0.3, -0.25) is 0 Å². The summed E-state index contributed by atoms with van der Waals surface area (Å²) < 4.78 is 7.07. The SMILES string of the molecule is CNc1ncnc2c1c(C(N)=S)c(N)n2Cc1ccc(OC)cc1. The number of fused-ring (bicyclic) bond motifs is 1. The highest BCUT2D eigenvalue weighted by Crippen LogP contribution is 2.32. The normalized spacial score (nSPS) is 10.8. The fourth-order valence-electron chi connectivity index (χ4n) is 2.70. The molecule has 3 rings (SSSR count). The van der Waals surface area contributed by atoms with Gasteiger partial charge in [-0.15, -0.1) is 0 Å². The summed E-state index contributed by atoms with van der Waals surface area (Å²) in [5, 5.41) is 3.77. The maximum atomic E-state index is 6.32. The van der Waals surface area contributed by atoms with Crippen LogP contribution in [0.4, 0.5) is 11.6 Å². The van der Waals surface area contributed by atoms with Crippen molar-refractivity contribution >= 4 is 39.9 Å². The van der Waals surface area contributed by atoms with Crippen molar-refractivity contribution in [3.63, 3.8) is 0 Å². The van der Waals surface area contributed by atoms with E-state index in [-0.39, 0.29) is 4.99 Å². The second-order valence-corrected chi connectivity index (χ2v) is 5.67. The number of nitrogens with one attached hydrogen (secondary N) is 1. The Hall–Kier alpha value is -2.87. The number of rotatable bonds is 5. The molecule has 0 aliphatic carbocycles. The van der Waals surface area contributed by atoms with Crippen LogP contribution in [0.15, 0.2) is 30.6 Å². The van der Waals surface area contributed by atoms with Crippen molar-refractivity contribution in [2.75, 3.05) is 25.2 Å². The van der Waals surface area contributed by atoms with Gasteiger partial charge in [0.25, 0.3) is 0 Å². The Labute approximate surface area is 144 Å². The summed E-state index contributed by atoms with van der Waals surface area (Å²) in [6.45, 7) is 0.537. The van der Waals surface area contributed by atoms with Crippen molar-refractivity contribution in [3.05, 3.63) is 41.7 Å². The predicted molar refractivity (Wildman–Crippen MR) is 99.5 cm³/mol. The number of hydrogen-bond donors (Lipinski definition) is 3. The van der Waals surface area contributed by atoms with Crippen molar-refractivity contribution in [2.45, 2.75) is 6.54 Å². The van der Waals surface area contributed by atoms with Crippen LogP contribution in [-0.2, 0) is 6.54 Å². The van der Waals surface area contributed by atoms with Crippen molar-refractivity contribution in [2.24, 2.45) is 5.73 Å². The Balaban J connectivity index is 2.16. The van der Waals surface area contributed by atoms with Gasteiger partial charge in [0.15, 0.2) is 0 Å². The van der Waals surface area contributed by atoms with Gasteiger partial charge in [-0.1, -0.05) is 24.4 Å². The quantitative estimate of drug-likeness (QED) is 0.607. The fraction of sp³-hybridized carbons (Fsp3) is 0.188. The minimum Gasteiger partial charge on any atom is -0.497 e. The molecule has 0 aliphatic heterocycles. The van der Waals surface area contributed by atoms with Crippen LogP contribution in [0.5, 0.6) is 5.75 Å². The van der Waals surface area contributed by atoms with Gasteiger partial charge < -0.3 is 26.1 Å². The molecule has 2 heterocycles. The number of aromatic nitrogens is 3. The number of methoxy groups -OCH3 is 1. The Morgan fingerprint density at radius 1 is 1.29 bits per heavy atom. The van der Waals surface area contributed by atoms with Crippen LogP contribution in [0.1, 0.15) is 11.1 Å². The standard InChI is InChI=1S/C16H18N6OS/c1-19-15-12-11(14(18)24)13(17)22(16(12)21-8-20-15)7-9-3-5-10(23-2)6-4-9/h3-6,8H,7,17H2,1-2H3,(H2,18,24)(H,19,20,21). The van der Waals surface area contributed by atoms with E-state index in [4.69, 9.17) is 28.4 Å². The van der Waals surface area contributed by atoms with Gasteiger partial charge in [0.05, 0.1) is 24.6 Å². The Morgan fingerprint density at radius 2 is 2.00 bits per heavy atom. The fourth-order valence-corrected chi connectivity index (χ4v) is 2.91. The monoisotopic (exact) mass is 342 g/mol. The number of thiocarbonyl (C=S) groups is 1. The molecule has 24 heavy (non-hydrogen) atoms. The maximum Gasteiger partial charge on any atom is 0.148 e. The molecule has 0 spiro atoms. The van der Waals surface area contributed by atoms with E-state index in [0.29, 0.717) is 29.4 Å². The largest absolute Gasteiger partial charge is 0.497 e. The Morgan fingerprint density at radius 3 is 2.58 bits per heavy atom. The van der Waals surface area contributed by atoms with Crippen LogP contribution in [0.25, 0.3) is 11.0 Å². The number of anilines is 2. The maximum absolute atomic E-state index is 6.32. The van der Waals surface area contributed by atoms with E-state index in [1.165, 1.54) is 6.33 Å². The van der Waals surface area contributed by atoms with Gasteiger partial charge in [-0.25, -0.2) is 9.97 Å². The van der Waals surface area contributed by atoms with E-state index < -0.39 is 0 Å². The molecule has 3 aromatic rings. The number of nitrogen functional groups attached to an aromatic ring is 1. The number of hydrogen-bond acceptors (Lipinski definition) is 6. The molecule has 0 unspecified atom stereocenters. The molecular weight excluding hydrogens is 324 g/mol. The van der Waals surface area contributed by atoms with Crippen LogP contribution in [0.3, 0.4) is 0 Å². The van der Waals surface area contributed by atoms with Gasteiger partial charge in [-0.2, -0.15) is 0 Å². The molecule has 0 fully saturated rings. The Bertz CT molecular complexity index is 903. The molecule has 0 atom stereocenters. The van der Waals surface area contributed by atoms with Gasteiger partial charge >= 0.3 is 0 Å². The minimum absolute atomic E-state index is 0.220. The number of nitrogens with two attached hydrogens (primary N) is 2. The highest BCUT2D eigenvalue weighted by molar-refractivity contribution is 7.80. The molecule has 0 amide bonds. The first-order valence-corrected chi connectivity index (χ1v) is 7.70. The molecule has 0 bridgehead atoms. The molecular formula is C16H18N6OS. The summed E-state index contributed by atoms with van der Waals surface area (Å²) in [7, 11) is 3.42. The van der Waals surface area contributed by atoms with Gasteiger partial charge in [0, 0.05) is 7.05 Å². The van der Waals surface area contributed by atoms with Crippen LogP contribution in [0.2, 0.25) is 0 Å². The summed E-state index contributed by atoms with van der Waals surface area (Å²) in [5.41, 5.74) is 14.5. The molecule has 1 aromatic carbocycles. The lowest BCUT2D eigenvalue weighted by Gasteiger charge is -2.09. The number of benzene rings is 1. The molecule has 0 saturated heterocycles. The molecule has 8 heteroatoms. The Kier molecular flexibility index (Phi) is 4.22. The predicted octanol–water partition coefficient (Wildman–Crippen LogP) is 1.75. The summed E-state index contributed by atoms with van der Waals surface area (Å²) >= 11 is 5.18. The summed E-state index contributed by atoms with van der Waals surface area (Å²) in [6.07, 6.45) is 1.49. The van der Waals surface area contributed by atoms with E-state index in [1.807, 2.05) is 28.8 Å². The zero-order valence-electron chi connectivity index (χ0n) is 13.4. The second-order valence-electron chi connectivity index (χ2n) is 5.23. The average Bonchev–Trinajstić information content (AvgIpc) is 2.88. The van der Waals surface area contributed by atoms with E-state index in [2.05, 4.69) is 15.3 Å². The number of ether oxygens (including phenoxy) is 1. The van der Waals surface area contributed by atoms with Crippen molar-refractivity contribution in [1.82, 2.24) is 14.5 Å². The first-order valence-electron chi connectivity index (χ1n) is 7.30. The van der Waals surface area contributed by atoms with Crippen LogP contribution >= 0.6 is 12.2 Å². The first-order chi connectivity index (χ1) is 11.6. The zero-order valence-corrected chi connectivity index (χ0v) is 14.2. The van der Waals surface area contributed by atoms with E-state index in [9.17, 15) is 0 Å². The van der Waals surface area contributed by atoms with Gasteiger partial charge in [0.2, 0.25) is 0 Å². The molecule has 7 nitrogen and oxygen atoms in total. The van der Waals surface area contributed by atoms with E-state index in [1.54, 1.807) is 14.2 Å². The molecule has 0 aliphatic rings. The average molecular weight is 342 g/mol. The highest BCUT2D eigenvalue weighted by atomic mass is 32.1. The van der Waals surface area contributed by atoms with E-state index in [0.717, 1.165) is 16.7 Å². The lowest BCUT2D eigenvalue weighted by atomic mass is 10.2. The topological polar surface area (TPSA) is 104 Å². The summed E-state index contributed by atoms with van der Waals surface area (Å²) in [6, 6.07) is 7.76. The van der Waals surface area contributed by atoms with Crippen molar-refractivity contribution in [3.8, 4) is 5.75 Å². The van der Waals surface area contributed by atoms with Gasteiger partial charge in [0.1, 0.15) is 34.3 Å². The van der Waals surface area contributed by atoms with Crippen molar-refractivity contribution in [1.29, 1.82) is 0 Å². The summed E-state index contributed by atoms with van der Waals surface area (Å²) in [4.78, 5) is 8.82. The molecule has 124 valence electrons. The third-order valence-corrected chi connectivity index (χ3v) is 4.07. The molecule has 0 saturated carbocycles. The zero-order chi connectivity index (χ0) is 17.3. The number of nitrogens with zero attached hydrogens (tertiary/aromatic N) is 3. The molecule has 5 N–H and O–H groups in total. The van der Waals surface area contributed by atoms with Crippen LogP contribution in [0, 0.1) is 0 Å². The van der Waals surface area contributed by atoms with Crippen LogP contribution < -0.4 is 21.5 Å².